The normalized spacial score (nSPS) is 10.7. The van der Waals surface area contributed by atoms with E-state index >= 15 is 0 Å². The van der Waals surface area contributed by atoms with Crippen molar-refractivity contribution >= 4 is 22.8 Å². The van der Waals surface area contributed by atoms with Crippen molar-refractivity contribution in [2.45, 2.75) is 20.4 Å². The Kier molecular flexibility index (Phi) is 3.48. The second kappa shape index (κ2) is 4.93. The van der Waals surface area contributed by atoms with Crippen LogP contribution < -0.4 is 22.3 Å². The number of anilines is 2. The van der Waals surface area contributed by atoms with Gasteiger partial charge in [-0.3, -0.25) is 14.3 Å². The molecule has 0 fully saturated rings. The Morgan fingerprint density at radius 3 is 2.68 bits per heavy atom. The van der Waals surface area contributed by atoms with Crippen LogP contribution in [0, 0.1) is 13.8 Å². The highest BCUT2D eigenvalue weighted by atomic mass is 32.1. The van der Waals surface area contributed by atoms with Crippen molar-refractivity contribution in [3.05, 3.63) is 42.2 Å². The Bertz CT molecular complexity index is 707. The molecule has 6 nitrogen and oxygen atoms in total. The zero-order chi connectivity index (χ0) is 14.2. The summed E-state index contributed by atoms with van der Waals surface area (Å²) in [6.07, 6.45) is 0. The van der Waals surface area contributed by atoms with E-state index in [9.17, 15) is 9.59 Å². The lowest BCUT2D eigenvalue weighted by atomic mass is 10.3. The number of nitrogens with zero attached hydrogens (tertiary/aromatic N) is 1. The molecule has 0 aliphatic heterocycles. The highest BCUT2D eigenvalue weighted by Crippen LogP contribution is 2.21. The number of thiophene rings is 1. The Morgan fingerprint density at radius 1 is 1.42 bits per heavy atom. The summed E-state index contributed by atoms with van der Waals surface area (Å²) in [4.78, 5) is 27.6. The lowest BCUT2D eigenvalue weighted by molar-refractivity contribution is 0.813. The number of aromatic amines is 1. The van der Waals surface area contributed by atoms with Crippen molar-refractivity contribution in [2.75, 3.05) is 11.1 Å². The van der Waals surface area contributed by atoms with Gasteiger partial charge in [-0.25, -0.2) is 4.79 Å². The maximum atomic E-state index is 11.7. The van der Waals surface area contributed by atoms with Crippen LogP contribution in [0.3, 0.4) is 0 Å². The summed E-state index contributed by atoms with van der Waals surface area (Å²) in [5.74, 6) is 0.138. The molecule has 0 aliphatic rings. The summed E-state index contributed by atoms with van der Waals surface area (Å²) >= 11 is 1.67. The topological polar surface area (TPSA) is 92.9 Å². The van der Waals surface area contributed by atoms with Gasteiger partial charge in [0.25, 0.3) is 5.56 Å². The maximum Gasteiger partial charge on any atom is 0.329 e. The third-order valence-electron chi connectivity index (χ3n) is 3.03. The predicted octanol–water partition coefficient (Wildman–Crippen LogP) is 0.946. The Morgan fingerprint density at radius 2 is 2.11 bits per heavy atom. The molecule has 0 aliphatic carbocycles. The zero-order valence-electron chi connectivity index (χ0n) is 11.0. The van der Waals surface area contributed by atoms with Crippen molar-refractivity contribution in [1.82, 2.24) is 9.55 Å². The van der Waals surface area contributed by atoms with Gasteiger partial charge in [-0.2, -0.15) is 0 Å². The van der Waals surface area contributed by atoms with Gasteiger partial charge in [0.2, 0.25) is 0 Å². The second-order valence-electron chi connectivity index (χ2n) is 4.38. The molecule has 0 unspecified atom stereocenters. The molecule has 0 amide bonds. The van der Waals surface area contributed by atoms with E-state index in [1.54, 1.807) is 11.3 Å². The minimum absolute atomic E-state index is 0.138. The van der Waals surface area contributed by atoms with Crippen LogP contribution in [-0.2, 0) is 13.6 Å². The summed E-state index contributed by atoms with van der Waals surface area (Å²) in [6.45, 7) is 4.60. The second-order valence-corrected chi connectivity index (χ2v) is 5.72. The smallest absolute Gasteiger partial charge is 0.329 e. The van der Waals surface area contributed by atoms with Gasteiger partial charge in [-0.05, 0) is 25.5 Å². The van der Waals surface area contributed by atoms with Crippen LogP contribution in [-0.4, -0.2) is 9.55 Å². The number of nitrogen functional groups attached to an aromatic ring is 1. The predicted molar refractivity (Wildman–Crippen MR) is 77.8 cm³/mol. The Labute approximate surface area is 113 Å². The molecule has 19 heavy (non-hydrogen) atoms. The molecule has 4 N–H and O–H groups in total. The van der Waals surface area contributed by atoms with E-state index in [0.29, 0.717) is 6.54 Å². The minimum Gasteiger partial charge on any atom is -0.383 e. The first-order valence-corrected chi connectivity index (χ1v) is 6.60. The van der Waals surface area contributed by atoms with Crippen LogP contribution >= 0.6 is 11.3 Å². The molecular formula is C12H16N4O2S. The molecule has 102 valence electrons. The number of nitrogens with two attached hydrogens (primary N) is 1. The summed E-state index contributed by atoms with van der Waals surface area (Å²) in [5, 5.41) is 2.99. The number of aryl methyl sites for hydroxylation is 2. The first-order chi connectivity index (χ1) is 8.90. The molecule has 0 radical (unpaired) electrons. The molecule has 0 saturated carbocycles. The fraction of sp³-hybridized carbons (Fsp3) is 0.333. The van der Waals surface area contributed by atoms with Gasteiger partial charge < -0.3 is 11.1 Å². The lowest BCUT2D eigenvalue weighted by Crippen LogP contribution is -2.32. The van der Waals surface area contributed by atoms with Crippen LogP contribution in [0.15, 0.2) is 15.7 Å². The Balaban J connectivity index is 2.27. The highest BCUT2D eigenvalue weighted by molar-refractivity contribution is 7.12. The van der Waals surface area contributed by atoms with Crippen molar-refractivity contribution in [1.29, 1.82) is 0 Å². The molecule has 0 atom stereocenters. The molecule has 2 rings (SSSR count). The van der Waals surface area contributed by atoms with Crippen molar-refractivity contribution in [3.63, 3.8) is 0 Å². The lowest BCUT2D eigenvalue weighted by Gasteiger charge is -2.09. The van der Waals surface area contributed by atoms with Gasteiger partial charge in [-0.1, -0.05) is 0 Å². The van der Waals surface area contributed by atoms with Crippen LogP contribution in [0.1, 0.15) is 15.3 Å². The number of hydrogen-bond donors (Lipinski definition) is 3. The molecular weight excluding hydrogens is 264 g/mol. The summed E-state index contributed by atoms with van der Waals surface area (Å²) in [6, 6.07) is 2.07. The molecule has 0 bridgehead atoms. The molecule has 0 aromatic carbocycles. The number of rotatable bonds is 3. The van der Waals surface area contributed by atoms with E-state index in [4.69, 9.17) is 5.73 Å². The van der Waals surface area contributed by atoms with E-state index in [1.807, 2.05) is 6.92 Å². The SMILES string of the molecule is Cc1cc(CNc2c(N)n(C)c(=O)[nH]c2=O)sc1C. The van der Waals surface area contributed by atoms with Gasteiger partial charge in [-0.15, -0.1) is 11.3 Å². The molecule has 2 heterocycles. The van der Waals surface area contributed by atoms with Crippen molar-refractivity contribution < 1.29 is 0 Å². The summed E-state index contributed by atoms with van der Waals surface area (Å²) < 4.78 is 1.20. The minimum atomic E-state index is -0.518. The Hall–Kier alpha value is -2.02. The van der Waals surface area contributed by atoms with E-state index in [0.717, 1.165) is 4.88 Å². The van der Waals surface area contributed by atoms with E-state index in [2.05, 4.69) is 23.3 Å². The molecule has 0 spiro atoms. The fourth-order valence-corrected chi connectivity index (χ4v) is 2.71. The average molecular weight is 280 g/mol. The average Bonchev–Trinajstić information content (AvgIpc) is 2.66. The number of hydrogen-bond acceptors (Lipinski definition) is 5. The molecule has 0 saturated heterocycles. The van der Waals surface area contributed by atoms with Gasteiger partial charge >= 0.3 is 5.69 Å². The monoisotopic (exact) mass is 280 g/mol. The first-order valence-electron chi connectivity index (χ1n) is 5.78. The van der Waals surface area contributed by atoms with Crippen LogP contribution in [0.2, 0.25) is 0 Å². The van der Waals surface area contributed by atoms with Crippen molar-refractivity contribution in [2.24, 2.45) is 7.05 Å². The molecule has 2 aromatic heterocycles. The van der Waals surface area contributed by atoms with Crippen LogP contribution in [0.25, 0.3) is 0 Å². The quantitative estimate of drug-likeness (QED) is 0.780. The standard InChI is InChI=1S/C12H16N4O2S/c1-6-4-8(19-7(6)2)5-14-9-10(13)16(3)12(18)15-11(9)17/h4,14H,5,13H2,1-3H3,(H,15,17,18). The first kappa shape index (κ1) is 13.4. The number of nitrogens with one attached hydrogen (secondary N) is 2. The van der Waals surface area contributed by atoms with Crippen LogP contribution in [0.5, 0.6) is 0 Å². The van der Waals surface area contributed by atoms with E-state index in [-0.39, 0.29) is 11.5 Å². The third-order valence-corrected chi connectivity index (χ3v) is 4.18. The maximum absolute atomic E-state index is 11.7. The summed E-state index contributed by atoms with van der Waals surface area (Å²) in [7, 11) is 1.51. The van der Waals surface area contributed by atoms with Gasteiger partial charge in [0.1, 0.15) is 11.5 Å². The third kappa shape index (κ3) is 2.55. The number of aromatic nitrogens is 2. The van der Waals surface area contributed by atoms with Crippen molar-refractivity contribution in [3.8, 4) is 0 Å². The van der Waals surface area contributed by atoms with E-state index in [1.165, 1.54) is 22.1 Å². The zero-order valence-corrected chi connectivity index (χ0v) is 11.9. The van der Waals surface area contributed by atoms with Gasteiger partial charge in [0.15, 0.2) is 0 Å². The van der Waals surface area contributed by atoms with Gasteiger partial charge in [0.05, 0.1) is 0 Å². The largest absolute Gasteiger partial charge is 0.383 e. The fourth-order valence-electron chi connectivity index (χ4n) is 1.72. The van der Waals surface area contributed by atoms with Gasteiger partial charge in [0, 0.05) is 23.3 Å². The number of H-pyrrole nitrogens is 1. The summed E-state index contributed by atoms with van der Waals surface area (Å²) in [5.41, 5.74) is 6.21. The highest BCUT2D eigenvalue weighted by Gasteiger charge is 2.10. The van der Waals surface area contributed by atoms with Crippen LogP contribution in [0.4, 0.5) is 11.5 Å². The van der Waals surface area contributed by atoms with E-state index < -0.39 is 11.2 Å². The molecule has 2 aromatic rings. The molecule has 7 heteroatoms.